The SMILES string of the molecule is CC(C)(C)OC(=O)N[C@@H](CC(=O)N1CCC[C@H]1C=O)Cc1ccccc1F.CC(C)(C)OC(=O)N[C@@H](CC(=O)N1CCC[C@H]1CO)Cc1ccccc1F. The molecular formula is C40H56F2N4O8. The fourth-order valence-electron chi connectivity index (χ4n) is 6.41. The number of aliphatic hydroxyl groups excluding tert-OH is 1. The first-order chi connectivity index (χ1) is 25.4. The molecule has 4 atom stereocenters. The van der Waals surface area contributed by atoms with Gasteiger partial charge in [-0.3, -0.25) is 9.59 Å². The van der Waals surface area contributed by atoms with Crippen molar-refractivity contribution in [1.82, 2.24) is 20.4 Å². The molecule has 0 bridgehead atoms. The van der Waals surface area contributed by atoms with E-state index in [1.54, 1.807) is 82.8 Å². The number of likely N-dealkylation sites (tertiary alicyclic amines) is 2. The lowest BCUT2D eigenvalue weighted by atomic mass is 10.0. The van der Waals surface area contributed by atoms with Gasteiger partial charge in [-0.15, -0.1) is 0 Å². The monoisotopic (exact) mass is 758 g/mol. The van der Waals surface area contributed by atoms with Crippen molar-refractivity contribution in [3.05, 3.63) is 71.3 Å². The molecule has 0 unspecified atom stereocenters. The molecule has 3 N–H and O–H groups in total. The predicted molar refractivity (Wildman–Crippen MR) is 198 cm³/mol. The summed E-state index contributed by atoms with van der Waals surface area (Å²) in [6, 6.07) is 10.7. The van der Waals surface area contributed by atoms with Gasteiger partial charge in [-0.05, 0) is 103 Å². The van der Waals surface area contributed by atoms with E-state index in [4.69, 9.17) is 9.47 Å². The van der Waals surface area contributed by atoms with Crippen molar-refractivity contribution in [3.63, 3.8) is 0 Å². The summed E-state index contributed by atoms with van der Waals surface area (Å²) < 4.78 is 38.6. The lowest BCUT2D eigenvalue weighted by Crippen LogP contribution is -2.45. The van der Waals surface area contributed by atoms with Crippen LogP contribution < -0.4 is 10.6 Å². The maximum absolute atomic E-state index is 14.0. The zero-order chi connectivity index (χ0) is 40.1. The molecule has 54 heavy (non-hydrogen) atoms. The minimum atomic E-state index is -0.686. The summed E-state index contributed by atoms with van der Waals surface area (Å²) in [5, 5.41) is 14.8. The summed E-state index contributed by atoms with van der Waals surface area (Å²) in [5.41, 5.74) is -0.534. The van der Waals surface area contributed by atoms with E-state index in [1.807, 2.05) is 0 Å². The van der Waals surface area contributed by atoms with Crippen LogP contribution in [0.15, 0.2) is 48.5 Å². The Morgan fingerprint density at radius 1 is 0.759 bits per heavy atom. The number of ether oxygens (including phenoxy) is 2. The van der Waals surface area contributed by atoms with Crippen LogP contribution in [0.4, 0.5) is 18.4 Å². The van der Waals surface area contributed by atoms with E-state index in [0.717, 1.165) is 25.5 Å². The number of aliphatic hydroxyl groups is 1. The third-order valence-electron chi connectivity index (χ3n) is 8.82. The number of halogens is 2. The maximum Gasteiger partial charge on any atom is 0.407 e. The number of hydrogen-bond acceptors (Lipinski definition) is 8. The third-order valence-corrected chi connectivity index (χ3v) is 8.82. The lowest BCUT2D eigenvalue weighted by molar-refractivity contribution is -0.135. The van der Waals surface area contributed by atoms with E-state index in [1.165, 1.54) is 17.0 Å². The predicted octanol–water partition coefficient (Wildman–Crippen LogP) is 5.48. The Morgan fingerprint density at radius 3 is 1.61 bits per heavy atom. The first kappa shape index (κ1) is 43.8. The van der Waals surface area contributed by atoms with Crippen LogP contribution in [0.5, 0.6) is 0 Å². The Labute approximate surface area is 316 Å². The van der Waals surface area contributed by atoms with Gasteiger partial charge in [0.05, 0.1) is 18.7 Å². The van der Waals surface area contributed by atoms with Crippen LogP contribution in [0.25, 0.3) is 0 Å². The number of nitrogens with zero attached hydrogens (tertiary/aromatic N) is 2. The summed E-state index contributed by atoms with van der Waals surface area (Å²) in [7, 11) is 0. The average molecular weight is 759 g/mol. The summed E-state index contributed by atoms with van der Waals surface area (Å²) in [5.74, 6) is -1.17. The minimum absolute atomic E-state index is 0.0179. The summed E-state index contributed by atoms with van der Waals surface area (Å²) in [6.07, 6.45) is 2.81. The Hall–Kier alpha value is -4.59. The molecule has 2 heterocycles. The zero-order valence-corrected chi connectivity index (χ0v) is 32.2. The van der Waals surface area contributed by atoms with E-state index < -0.39 is 47.3 Å². The van der Waals surface area contributed by atoms with Gasteiger partial charge in [-0.1, -0.05) is 36.4 Å². The highest BCUT2D eigenvalue weighted by Crippen LogP contribution is 2.21. The molecule has 4 amide bonds. The van der Waals surface area contributed by atoms with Gasteiger partial charge in [0.15, 0.2) is 0 Å². The number of alkyl carbamates (subject to hydrolysis) is 2. The van der Waals surface area contributed by atoms with Crippen molar-refractivity contribution >= 4 is 30.3 Å². The highest BCUT2D eigenvalue weighted by Gasteiger charge is 2.32. The molecular weight excluding hydrogens is 702 g/mol. The Morgan fingerprint density at radius 2 is 1.19 bits per heavy atom. The molecule has 0 spiro atoms. The summed E-state index contributed by atoms with van der Waals surface area (Å²) in [6.45, 7) is 11.5. The number of nitrogens with one attached hydrogen (secondary N) is 2. The van der Waals surface area contributed by atoms with Gasteiger partial charge in [-0.2, -0.15) is 0 Å². The Balaban J connectivity index is 0.000000290. The van der Waals surface area contributed by atoms with E-state index >= 15 is 0 Å². The van der Waals surface area contributed by atoms with Gasteiger partial charge < -0.3 is 39.8 Å². The zero-order valence-electron chi connectivity index (χ0n) is 32.2. The molecule has 2 saturated heterocycles. The van der Waals surface area contributed by atoms with Gasteiger partial charge in [0.2, 0.25) is 11.8 Å². The fourth-order valence-corrected chi connectivity index (χ4v) is 6.41. The number of benzene rings is 2. The number of rotatable bonds is 12. The number of aldehydes is 1. The number of hydrogen-bond donors (Lipinski definition) is 3. The second-order valence-corrected chi connectivity index (χ2v) is 15.7. The molecule has 0 aromatic heterocycles. The molecule has 2 aliphatic heterocycles. The normalized spacial score (nSPS) is 18.2. The molecule has 4 rings (SSSR count). The van der Waals surface area contributed by atoms with Crippen molar-refractivity contribution in [1.29, 1.82) is 0 Å². The molecule has 0 aliphatic carbocycles. The fraction of sp³-hybridized carbons (Fsp3) is 0.575. The van der Waals surface area contributed by atoms with Crippen molar-refractivity contribution in [2.24, 2.45) is 0 Å². The van der Waals surface area contributed by atoms with Gasteiger partial charge in [0, 0.05) is 38.0 Å². The highest BCUT2D eigenvalue weighted by atomic mass is 19.1. The van der Waals surface area contributed by atoms with Gasteiger partial charge in [-0.25, -0.2) is 18.4 Å². The molecule has 2 aliphatic rings. The van der Waals surface area contributed by atoms with Crippen LogP contribution in [0.3, 0.4) is 0 Å². The maximum atomic E-state index is 14.0. The van der Waals surface area contributed by atoms with E-state index in [9.17, 15) is 37.9 Å². The van der Waals surface area contributed by atoms with Crippen molar-refractivity contribution < 1.29 is 47.3 Å². The van der Waals surface area contributed by atoms with Gasteiger partial charge in [0.25, 0.3) is 0 Å². The van der Waals surface area contributed by atoms with Gasteiger partial charge in [0.1, 0.15) is 29.1 Å². The van der Waals surface area contributed by atoms with Crippen LogP contribution >= 0.6 is 0 Å². The van der Waals surface area contributed by atoms with E-state index in [2.05, 4.69) is 10.6 Å². The number of carbonyl (C=O) groups is 5. The Kier molecular flexibility index (Phi) is 16.4. The number of amides is 4. The van der Waals surface area contributed by atoms with Crippen LogP contribution in [0.1, 0.15) is 91.2 Å². The van der Waals surface area contributed by atoms with Crippen molar-refractivity contribution in [2.75, 3.05) is 19.7 Å². The van der Waals surface area contributed by atoms with Crippen LogP contribution in [0, 0.1) is 11.6 Å². The van der Waals surface area contributed by atoms with Crippen molar-refractivity contribution in [3.8, 4) is 0 Å². The first-order valence-corrected chi connectivity index (χ1v) is 18.5. The van der Waals surface area contributed by atoms with Crippen molar-refractivity contribution in [2.45, 2.75) is 128 Å². The molecule has 2 fully saturated rings. The smallest absolute Gasteiger partial charge is 0.407 e. The van der Waals surface area contributed by atoms with Crippen LogP contribution in [-0.4, -0.2) is 100 Å². The topological polar surface area (TPSA) is 155 Å². The Bertz CT molecular complexity index is 1580. The molecule has 0 radical (unpaired) electrons. The standard InChI is InChI=1S/C20H29FN2O4.C20H27FN2O4/c2*1-20(2,3)27-19(26)22-15(11-14-7-4-5-9-17(14)21)12-18(25)23-10-6-8-16(23)13-24/h4-5,7,9,15-16,24H,6,8,10-13H2,1-3H3,(H,22,26);4-5,7,9,13,15-16H,6,8,10-12H2,1-3H3,(H,22,26)/t2*15-,16+/m11/s1. The molecule has 14 heteroatoms. The molecule has 2 aromatic rings. The highest BCUT2D eigenvalue weighted by molar-refractivity contribution is 5.81. The summed E-state index contributed by atoms with van der Waals surface area (Å²) >= 11 is 0. The minimum Gasteiger partial charge on any atom is -0.444 e. The molecule has 298 valence electrons. The van der Waals surface area contributed by atoms with Crippen LogP contribution in [-0.2, 0) is 36.7 Å². The van der Waals surface area contributed by atoms with Gasteiger partial charge >= 0.3 is 12.2 Å². The molecule has 2 aromatic carbocycles. The average Bonchev–Trinajstić information content (AvgIpc) is 3.75. The quantitative estimate of drug-likeness (QED) is 0.241. The van der Waals surface area contributed by atoms with E-state index in [-0.39, 0.29) is 56.0 Å². The first-order valence-electron chi connectivity index (χ1n) is 18.5. The lowest BCUT2D eigenvalue weighted by Gasteiger charge is -2.27. The second-order valence-electron chi connectivity index (χ2n) is 15.7. The van der Waals surface area contributed by atoms with Crippen LogP contribution in [0.2, 0.25) is 0 Å². The third kappa shape index (κ3) is 14.7. The number of carbonyl (C=O) groups excluding carboxylic acids is 5. The molecule has 0 saturated carbocycles. The summed E-state index contributed by atoms with van der Waals surface area (Å²) in [4.78, 5) is 64.0. The molecule has 12 nitrogen and oxygen atoms in total. The second kappa shape index (κ2) is 20.2. The largest absolute Gasteiger partial charge is 0.444 e. The van der Waals surface area contributed by atoms with E-state index in [0.29, 0.717) is 30.6 Å².